The molecule has 0 heterocycles. The van der Waals surface area contributed by atoms with Crippen LogP contribution in [0.4, 0.5) is 0 Å². The monoisotopic (exact) mass is 169 g/mol. The summed E-state index contributed by atoms with van der Waals surface area (Å²) < 4.78 is 5.25. The van der Waals surface area contributed by atoms with Crippen molar-refractivity contribution in [3.8, 4) is 12.3 Å². The van der Waals surface area contributed by atoms with Crippen molar-refractivity contribution in [1.29, 1.82) is 0 Å². The SMILES string of the molecule is C#CCC(CCOCC)NCC. The van der Waals surface area contributed by atoms with Gasteiger partial charge in [-0.1, -0.05) is 6.92 Å². The first-order chi connectivity index (χ1) is 5.85. The number of hydrogen-bond acceptors (Lipinski definition) is 2. The van der Waals surface area contributed by atoms with Crippen LogP contribution in [0, 0.1) is 12.3 Å². The predicted octanol–water partition coefficient (Wildman–Crippen LogP) is 1.41. The van der Waals surface area contributed by atoms with E-state index in [1.807, 2.05) is 6.92 Å². The quantitative estimate of drug-likeness (QED) is 0.459. The largest absolute Gasteiger partial charge is 0.382 e. The zero-order chi connectivity index (χ0) is 9.23. The van der Waals surface area contributed by atoms with Gasteiger partial charge in [0.1, 0.15) is 0 Å². The van der Waals surface area contributed by atoms with Gasteiger partial charge in [0.15, 0.2) is 0 Å². The average Bonchev–Trinajstić information content (AvgIpc) is 2.06. The third kappa shape index (κ3) is 6.21. The van der Waals surface area contributed by atoms with Crippen molar-refractivity contribution < 1.29 is 4.74 Å². The van der Waals surface area contributed by atoms with Gasteiger partial charge in [0.05, 0.1) is 0 Å². The van der Waals surface area contributed by atoms with Gasteiger partial charge in [0.2, 0.25) is 0 Å². The van der Waals surface area contributed by atoms with Crippen LogP contribution < -0.4 is 5.32 Å². The number of hydrogen-bond donors (Lipinski definition) is 1. The Balaban J connectivity index is 3.42. The van der Waals surface area contributed by atoms with Gasteiger partial charge >= 0.3 is 0 Å². The molecule has 1 unspecified atom stereocenters. The zero-order valence-electron chi connectivity index (χ0n) is 8.10. The molecular formula is C10H19NO. The van der Waals surface area contributed by atoms with E-state index in [2.05, 4.69) is 18.2 Å². The van der Waals surface area contributed by atoms with Crippen molar-refractivity contribution in [1.82, 2.24) is 5.32 Å². The Morgan fingerprint density at radius 1 is 1.50 bits per heavy atom. The highest BCUT2D eigenvalue weighted by Gasteiger charge is 2.03. The summed E-state index contributed by atoms with van der Waals surface area (Å²) in [7, 11) is 0. The molecule has 70 valence electrons. The first-order valence-electron chi connectivity index (χ1n) is 4.59. The molecule has 0 bridgehead atoms. The molecule has 1 N–H and O–H groups in total. The number of terminal acetylenes is 1. The lowest BCUT2D eigenvalue weighted by Crippen LogP contribution is -2.29. The molecule has 0 aromatic rings. The predicted molar refractivity (Wildman–Crippen MR) is 52.0 cm³/mol. The fraction of sp³-hybridized carbons (Fsp3) is 0.800. The Morgan fingerprint density at radius 3 is 2.75 bits per heavy atom. The Kier molecular flexibility index (Phi) is 8.20. The first-order valence-corrected chi connectivity index (χ1v) is 4.59. The summed E-state index contributed by atoms with van der Waals surface area (Å²) in [5, 5.41) is 3.32. The van der Waals surface area contributed by atoms with Gasteiger partial charge in [-0.25, -0.2) is 0 Å². The molecule has 0 aromatic heterocycles. The third-order valence-corrected chi connectivity index (χ3v) is 1.67. The fourth-order valence-corrected chi connectivity index (χ4v) is 1.08. The zero-order valence-corrected chi connectivity index (χ0v) is 8.10. The fourth-order valence-electron chi connectivity index (χ4n) is 1.08. The standard InChI is InChI=1S/C10H19NO/c1-4-7-10(11-5-2)8-9-12-6-3/h1,10-11H,5-9H2,2-3H3. The summed E-state index contributed by atoms with van der Waals surface area (Å²) in [6, 6.07) is 0.423. The smallest absolute Gasteiger partial charge is 0.0481 e. The van der Waals surface area contributed by atoms with Crippen LogP contribution in [0.3, 0.4) is 0 Å². The van der Waals surface area contributed by atoms with Crippen molar-refractivity contribution in [2.45, 2.75) is 32.7 Å². The molecule has 2 nitrogen and oxygen atoms in total. The van der Waals surface area contributed by atoms with E-state index in [-0.39, 0.29) is 0 Å². The van der Waals surface area contributed by atoms with Crippen molar-refractivity contribution in [2.75, 3.05) is 19.8 Å². The molecule has 1 atom stereocenters. The molecule has 0 saturated heterocycles. The lowest BCUT2D eigenvalue weighted by atomic mass is 10.1. The molecule has 0 aliphatic rings. The van der Waals surface area contributed by atoms with E-state index in [9.17, 15) is 0 Å². The van der Waals surface area contributed by atoms with Crippen molar-refractivity contribution >= 4 is 0 Å². The van der Waals surface area contributed by atoms with Crippen LogP contribution in [0.5, 0.6) is 0 Å². The number of ether oxygens (including phenoxy) is 1. The van der Waals surface area contributed by atoms with E-state index in [1.54, 1.807) is 0 Å². The lowest BCUT2D eigenvalue weighted by Gasteiger charge is -2.14. The van der Waals surface area contributed by atoms with Crippen LogP contribution in [0.2, 0.25) is 0 Å². The van der Waals surface area contributed by atoms with Gasteiger partial charge in [-0.05, 0) is 19.9 Å². The van der Waals surface area contributed by atoms with Gasteiger partial charge < -0.3 is 10.1 Å². The van der Waals surface area contributed by atoms with E-state index < -0.39 is 0 Å². The van der Waals surface area contributed by atoms with Crippen LogP contribution >= 0.6 is 0 Å². The maximum Gasteiger partial charge on any atom is 0.0481 e. The second-order valence-corrected chi connectivity index (χ2v) is 2.65. The molecule has 0 rings (SSSR count). The Labute approximate surface area is 75.7 Å². The Bertz CT molecular complexity index is 128. The maximum atomic E-state index is 5.25. The molecule has 0 aliphatic carbocycles. The van der Waals surface area contributed by atoms with Gasteiger partial charge in [-0.3, -0.25) is 0 Å². The second kappa shape index (κ2) is 8.58. The van der Waals surface area contributed by atoms with Crippen molar-refractivity contribution in [3.05, 3.63) is 0 Å². The first kappa shape index (κ1) is 11.5. The van der Waals surface area contributed by atoms with Crippen LogP contribution in [-0.2, 0) is 4.74 Å². The summed E-state index contributed by atoms with van der Waals surface area (Å²) in [6.45, 7) is 6.65. The molecule has 2 heteroatoms. The molecule has 0 saturated carbocycles. The Morgan fingerprint density at radius 2 is 2.25 bits per heavy atom. The minimum atomic E-state index is 0.423. The van der Waals surface area contributed by atoms with Gasteiger partial charge in [-0.15, -0.1) is 12.3 Å². The van der Waals surface area contributed by atoms with Gasteiger partial charge in [-0.2, -0.15) is 0 Å². The van der Waals surface area contributed by atoms with Crippen molar-refractivity contribution in [2.24, 2.45) is 0 Å². The van der Waals surface area contributed by atoms with E-state index >= 15 is 0 Å². The van der Waals surface area contributed by atoms with E-state index in [0.29, 0.717) is 6.04 Å². The molecule has 0 radical (unpaired) electrons. The molecule has 12 heavy (non-hydrogen) atoms. The molecule has 0 aliphatic heterocycles. The van der Waals surface area contributed by atoms with Crippen LogP contribution in [0.25, 0.3) is 0 Å². The molecule has 0 fully saturated rings. The highest BCUT2D eigenvalue weighted by atomic mass is 16.5. The van der Waals surface area contributed by atoms with E-state index in [0.717, 1.165) is 32.6 Å². The number of rotatable bonds is 7. The Hall–Kier alpha value is -0.520. The molecular weight excluding hydrogens is 150 g/mol. The average molecular weight is 169 g/mol. The van der Waals surface area contributed by atoms with Gasteiger partial charge in [0.25, 0.3) is 0 Å². The summed E-state index contributed by atoms with van der Waals surface area (Å²) >= 11 is 0. The third-order valence-electron chi connectivity index (χ3n) is 1.67. The lowest BCUT2D eigenvalue weighted by molar-refractivity contribution is 0.137. The highest BCUT2D eigenvalue weighted by Crippen LogP contribution is 1.97. The normalized spacial score (nSPS) is 12.4. The minimum absolute atomic E-state index is 0.423. The van der Waals surface area contributed by atoms with E-state index in [1.165, 1.54) is 0 Å². The van der Waals surface area contributed by atoms with Crippen LogP contribution in [0.15, 0.2) is 0 Å². The topological polar surface area (TPSA) is 21.3 Å². The second-order valence-electron chi connectivity index (χ2n) is 2.65. The minimum Gasteiger partial charge on any atom is -0.382 e. The molecule has 0 amide bonds. The summed E-state index contributed by atoms with van der Waals surface area (Å²) in [5.74, 6) is 2.66. The molecule has 0 aromatic carbocycles. The molecule has 0 spiro atoms. The maximum absolute atomic E-state index is 5.25. The summed E-state index contributed by atoms with van der Waals surface area (Å²) in [6.07, 6.45) is 7.03. The number of nitrogens with one attached hydrogen (secondary N) is 1. The van der Waals surface area contributed by atoms with Crippen LogP contribution in [-0.4, -0.2) is 25.8 Å². The summed E-state index contributed by atoms with van der Waals surface area (Å²) in [5.41, 5.74) is 0. The highest BCUT2D eigenvalue weighted by molar-refractivity contribution is 4.89. The van der Waals surface area contributed by atoms with Crippen molar-refractivity contribution in [3.63, 3.8) is 0 Å². The van der Waals surface area contributed by atoms with E-state index in [4.69, 9.17) is 11.2 Å². The summed E-state index contributed by atoms with van der Waals surface area (Å²) in [4.78, 5) is 0. The van der Waals surface area contributed by atoms with Gasteiger partial charge in [0, 0.05) is 25.7 Å². The van der Waals surface area contributed by atoms with Crippen LogP contribution in [0.1, 0.15) is 26.7 Å².